The third-order valence-corrected chi connectivity index (χ3v) is 6.84. The molecular formula is C24H44IN7O. The van der Waals surface area contributed by atoms with E-state index in [4.69, 9.17) is 4.99 Å². The fourth-order valence-corrected chi connectivity index (χ4v) is 4.81. The number of piperidine rings is 1. The molecule has 0 atom stereocenters. The van der Waals surface area contributed by atoms with Crippen molar-refractivity contribution in [3.05, 3.63) is 11.6 Å². The van der Waals surface area contributed by atoms with Crippen LogP contribution in [0.15, 0.2) is 4.99 Å². The zero-order chi connectivity index (χ0) is 22.8. The van der Waals surface area contributed by atoms with E-state index in [1.54, 1.807) is 0 Å². The van der Waals surface area contributed by atoms with Crippen molar-refractivity contribution in [2.24, 2.45) is 10.9 Å². The Morgan fingerprint density at radius 3 is 2.55 bits per heavy atom. The molecule has 8 nitrogen and oxygen atoms in total. The van der Waals surface area contributed by atoms with Crippen LogP contribution in [-0.4, -0.2) is 63.8 Å². The molecule has 188 valence electrons. The highest BCUT2D eigenvalue weighted by atomic mass is 127. The number of aliphatic imine (C=N–C) groups is 1. The van der Waals surface area contributed by atoms with Gasteiger partial charge in [-0.1, -0.05) is 20.3 Å². The normalized spacial score (nSPS) is 17.3. The summed E-state index contributed by atoms with van der Waals surface area (Å²) in [6.07, 6.45) is 10.5. The zero-order valence-electron chi connectivity index (χ0n) is 20.8. The highest BCUT2D eigenvalue weighted by molar-refractivity contribution is 14.0. The first-order valence-corrected chi connectivity index (χ1v) is 12.9. The van der Waals surface area contributed by atoms with Crippen LogP contribution in [-0.2, 0) is 24.2 Å². The number of hydrogen-bond acceptors (Lipinski definition) is 4. The van der Waals surface area contributed by atoms with Gasteiger partial charge >= 0.3 is 0 Å². The number of aryl methyl sites for hydroxylation is 2. The number of nitrogens with one attached hydrogen (secondary N) is 2. The summed E-state index contributed by atoms with van der Waals surface area (Å²) in [5.41, 5.74) is 0. The molecule has 0 bridgehead atoms. The maximum Gasteiger partial charge on any atom is 0.225 e. The number of amides is 1. The van der Waals surface area contributed by atoms with Gasteiger partial charge in [-0.3, -0.25) is 9.79 Å². The molecule has 0 aliphatic carbocycles. The lowest BCUT2D eigenvalue weighted by Gasteiger charge is -2.34. The lowest BCUT2D eigenvalue weighted by atomic mass is 9.98. The first-order valence-electron chi connectivity index (χ1n) is 12.9. The summed E-state index contributed by atoms with van der Waals surface area (Å²) >= 11 is 0. The van der Waals surface area contributed by atoms with Crippen LogP contribution < -0.4 is 10.6 Å². The van der Waals surface area contributed by atoms with Crippen molar-refractivity contribution in [1.82, 2.24) is 30.3 Å². The van der Waals surface area contributed by atoms with E-state index in [0.29, 0.717) is 11.9 Å². The van der Waals surface area contributed by atoms with Crippen LogP contribution in [0.2, 0.25) is 0 Å². The van der Waals surface area contributed by atoms with Crippen LogP contribution in [0.25, 0.3) is 0 Å². The largest absolute Gasteiger partial charge is 0.357 e. The van der Waals surface area contributed by atoms with E-state index < -0.39 is 0 Å². The average molecular weight is 574 g/mol. The minimum atomic E-state index is 0. The fourth-order valence-electron chi connectivity index (χ4n) is 4.81. The number of hydrogen-bond donors (Lipinski definition) is 2. The van der Waals surface area contributed by atoms with Gasteiger partial charge in [0, 0.05) is 57.5 Å². The second-order valence-electron chi connectivity index (χ2n) is 9.12. The quantitative estimate of drug-likeness (QED) is 0.204. The van der Waals surface area contributed by atoms with Crippen molar-refractivity contribution < 1.29 is 4.79 Å². The number of nitrogens with zero attached hydrogens (tertiary/aromatic N) is 5. The van der Waals surface area contributed by atoms with E-state index in [1.165, 1.54) is 19.3 Å². The molecular weight excluding hydrogens is 529 g/mol. The molecule has 3 rings (SSSR count). The van der Waals surface area contributed by atoms with Gasteiger partial charge < -0.3 is 20.1 Å². The summed E-state index contributed by atoms with van der Waals surface area (Å²) in [5, 5.41) is 15.8. The molecule has 33 heavy (non-hydrogen) atoms. The number of aromatic nitrogens is 3. The van der Waals surface area contributed by atoms with Gasteiger partial charge in [-0.2, -0.15) is 0 Å². The minimum absolute atomic E-state index is 0. The van der Waals surface area contributed by atoms with E-state index in [-0.39, 0.29) is 29.9 Å². The van der Waals surface area contributed by atoms with Gasteiger partial charge in [-0.05, 0) is 51.9 Å². The Labute approximate surface area is 216 Å². The molecule has 3 heterocycles. The van der Waals surface area contributed by atoms with Crippen molar-refractivity contribution >= 4 is 35.8 Å². The lowest BCUT2D eigenvalue weighted by molar-refractivity contribution is -0.136. The molecule has 9 heteroatoms. The molecule has 1 saturated heterocycles. The third-order valence-electron chi connectivity index (χ3n) is 6.84. The van der Waals surface area contributed by atoms with Gasteiger partial charge in [-0.25, -0.2) is 0 Å². The number of guanidine groups is 1. The van der Waals surface area contributed by atoms with Crippen molar-refractivity contribution in [1.29, 1.82) is 0 Å². The van der Waals surface area contributed by atoms with Crippen LogP contribution in [0, 0.1) is 5.92 Å². The van der Waals surface area contributed by atoms with Gasteiger partial charge in [0.05, 0.1) is 0 Å². The summed E-state index contributed by atoms with van der Waals surface area (Å²) in [5.74, 6) is 3.67. The van der Waals surface area contributed by atoms with Crippen LogP contribution >= 0.6 is 24.0 Å². The number of fused-ring (bicyclic) bond motifs is 1. The Balaban J connectivity index is 0.00000385. The van der Waals surface area contributed by atoms with Gasteiger partial charge in [0.2, 0.25) is 5.91 Å². The number of likely N-dealkylation sites (tertiary alicyclic amines) is 1. The molecule has 0 saturated carbocycles. The first-order chi connectivity index (χ1) is 15.7. The van der Waals surface area contributed by atoms with Crippen LogP contribution in [0.3, 0.4) is 0 Å². The number of carbonyl (C=O) groups is 1. The second kappa shape index (κ2) is 14.8. The molecule has 0 aromatic carbocycles. The Hall–Kier alpha value is -1.39. The standard InChI is InChI=1S/C24H43N7O.HI/c1-4-19(5-2)23(32)30-17-13-20(14-18-30)27-24(25-6-3)26-15-10-12-22-29-28-21-11-8-7-9-16-31(21)22;/h19-20H,4-18H2,1-3H3,(H2,25,26,27);1H. The predicted molar refractivity (Wildman–Crippen MR) is 144 cm³/mol. The van der Waals surface area contributed by atoms with E-state index in [9.17, 15) is 4.79 Å². The maximum absolute atomic E-state index is 12.6. The maximum atomic E-state index is 12.6. The molecule has 2 N–H and O–H groups in total. The molecule has 0 radical (unpaired) electrons. The fraction of sp³-hybridized carbons (Fsp3) is 0.833. The summed E-state index contributed by atoms with van der Waals surface area (Å²) in [7, 11) is 0. The van der Waals surface area contributed by atoms with Crippen molar-refractivity contribution in [2.75, 3.05) is 26.2 Å². The topological polar surface area (TPSA) is 87.4 Å². The molecule has 1 aromatic rings. The van der Waals surface area contributed by atoms with Crippen molar-refractivity contribution in [3.8, 4) is 0 Å². The molecule has 2 aliphatic rings. The number of halogens is 1. The minimum Gasteiger partial charge on any atom is -0.357 e. The molecule has 1 aromatic heterocycles. The second-order valence-corrected chi connectivity index (χ2v) is 9.12. The SMILES string of the molecule is CCNC(=NCCCc1nnc2n1CCCCC2)NC1CCN(C(=O)C(CC)CC)CC1.I. The molecule has 0 unspecified atom stereocenters. The number of carbonyl (C=O) groups excluding carboxylic acids is 1. The van der Waals surface area contributed by atoms with Gasteiger partial charge in [0.1, 0.15) is 11.6 Å². The third kappa shape index (κ3) is 8.10. The Kier molecular flexibility index (Phi) is 12.5. The van der Waals surface area contributed by atoms with Crippen LogP contribution in [0.1, 0.15) is 83.8 Å². The van der Waals surface area contributed by atoms with Crippen LogP contribution in [0.4, 0.5) is 0 Å². The highest BCUT2D eigenvalue weighted by Gasteiger charge is 2.26. The highest BCUT2D eigenvalue weighted by Crippen LogP contribution is 2.18. The Morgan fingerprint density at radius 1 is 1.09 bits per heavy atom. The summed E-state index contributed by atoms with van der Waals surface area (Å²) in [6, 6.07) is 0.366. The smallest absolute Gasteiger partial charge is 0.225 e. The summed E-state index contributed by atoms with van der Waals surface area (Å²) in [6.45, 7) is 10.7. The van der Waals surface area contributed by atoms with Gasteiger partial charge in [0.25, 0.3) is 0 Å². The number of rotatable bonds is 9. The summed E-state index contributed by atoms with van der Waals surface area (Å²) < 4.78 is 2.33. The molecule has 1 amide bonds. The monoisotopic (exact) mass is 573 g/mol. The van der Waals surface area contributed by atoms with E-state index in [2.05, 4.69) is 51.1 Å². The Morgan fingerprint density at radius 2 is 1.85 bits per heavy atom. The van der Waals surface area contributed by atoms with Gasteiger partial charge in [0.15, 0.2) is 5.96 Å². The Bertz CT molecular complexity index is 739. The van der Waals surface area contributed by atoms with E-state index in [0.717, 1.165) is 95.3 Å². The van der Waals surface area contributed by atoms with Gasteiger partial charge in [-0.15, -0.1) is 34.2 Å². The van der Waals surface area contributed by atoms with Crippen molar-refractivity contribution in [3.63, 3.8) is 0 Å². The van der Waals surface area contributed by atoms with E-state index >= 15 is 0 Å². The lowest BCUT2D eigenvalue weighted by Crippen LogP contribution is -2.50. The zero-order valence-corrected chi connectivity index (χ0v) is 23.1. The van der Waals surface area contributed by atoms with E-state index in [1.807, 2.05) is 0 Å². The van der Waals surface area contributed by atoms with Crippen molar-refractivity contribution in [2.45, 2.75) is 97.6 Å². The molecule has 1 fully saturated rings. The first kappa shape index (κ1) is 27.9. The molecule has 0 spiro atoms. The van der Waals surface area contributed by atoms with Crippen LogP contribution in [0.5, 0.6) is 0 Å². The predicted octanol–water partition coefficient (Wildman–Crippen LogP) is 3.54. The summed E-state index contributed by atoms with van der Waals surface area (Å²) in [4.78, 5) is 19.5. The average Bonchev–Trinajstić information content (AvgIpc) is 3.03. The molecule has 2 aliphatic heterocycles.